The van der Waals surface area contributed by atoms with E-state index in [1.165, 1.54) is 6.20 Å². The van der Waals surface area contributed by atoms with Crippen LogP contribution in [0.15, 0.2) is 23.3 Å². The fourth-order valence-electron chi connectivity index (χ4n) is 1.46. The van der Waals surface area contributed by atoms with Crippen LogP contribution in [-0.2, 0) is 0 Å². The number of hydrogen-bond acceptors (Lipinski definition) is 5. The Bertz CT molecular complexity index is 538. The number of alkyl halides is 1. The summed E-state index contributed by atoms with van der Waals surface area (Å²) >= 11 is 7.21. The van der Waals surface area contributed by atoms with Gasteiger partial charge in [-0.3, -0.25) is 10.4 Å². The van der Waals surface area contributed by atoms with Gasteiger partial charge in [0.25, 0.3) is 0 Å². The van der Waals surface area contributed by atoms with Crippen molar-refractivity contribution in [1.82, 2.24) is 9.88 Å². The van der Waals surface area contributed by atoms with E-state index in [1.54, 1.807) is 42.9 Å². The van der Waals surface area contributed by atoms with E-state index in [0.29, 0.717) is 17.1 Å². The number of pyridine rings is 1. The molecule has 7 heteroatoms. The first kappa shape index (κ1) is 16.5. The van der Waals surface area contributed by atoms with Crippen molar-refractivity contribution >= 4 is 34.4 Å². The molecule has 0 aliphatic carbocycles. The van der Waals surface area contributed by atoms with Gasteiger partial charge >= 0.3 is 0 Å². The van der Waals surface area contributed by atoms with E-state index in [0.717, 1.165) is 17.3 Å². The van der Waals surface area contributed by atoms with Crippen LogP contribution in [0.4, 0.5) is 0 Å². The Morgan fingerprint density at radius 2 is 2.40 bits per heavy atom. The van der Waals surface area contributed by atoms with Gasteiger partial charge in [-0.1, -0.05) is 11.8 Å². The average molecular weight is 310 g/mol. The van der Waals surface area contributed by atoms with Crippen molar-refractivity contribution in [2.45, 2.75) is 6.42 Å². The molecule has 0 saturated heterocycles. The zero-order chi connectivity index (χ0) is 15.0. The molecule has 0 radical (unpaired) electrons. The van der Waals surface area contributed by atoms with Crippen LogP contribution in [0, 0.1) is 16.7 Å². The molecule has 0 bridgehead atoms. The maximum absolute atomic E-state index is 8.84. The Balaban J connectivity index is 2.81. The fraction of sp³-hybridized carbons (Fsp3) is 0.385. The predicted molar refractivity (Wildman–Crippen MR) is 84.7 cm³/mol. The number of nitriles is 1. The molecule has 106 valence electrons. The van der Waals surface area contributed by atoms with Crippen LogP contribution in [0.2, 0.25) is 0 Å². The highest BCUT2D eigenvalue weighted by molar-refractivity contribution is 8.13. The molecule has 1 rings (SSSR count). The zero-order valence-electron chi connectivity index (χ0n) is 11.4. The van der Waals surface area contributed by atoms with E-state index in [2.05, 4.69) is 9.98 Å². The smallest absolute Gasteiger partial charge is 0.164 e. The molecule has 1 aromatic rings. The number of nitrogens with one attached hydrogen (secondary N) is 1. The number of amidine groups is 2. The molecular weight excluding hydrogens is 294 g/mol. The third kappa shape index (κ3) is 4.51. The summed E-state index contributed by atoms with van der Waals surface area (Å²) in [5.41, 5.74) is 0.934. The molecule has 0 aliphatic heterocycles. The predicted octanol–water partition coefficient (Wildman–Crippen LogP) is 2.56. The van der Waals surface area contributed by atoms with Crippen molar-refractivity contribution < 1.29 is 0 Å². The molecule has 1 heterocycles. The summed E-state index contributed by atoms with van der Waals surface area (Å²) in [7, 11) is 3.48. The molecule has 0 amide bonds. The Morgan fingerprint density at radius 3 is 3.00 bits per heavy atom. The highest BCUT2D eigenvalue weighted by atomic mass is 35.5. The zero-order valence-corrected chi connectivity index (χ0v) is 13.0. The van der Waals surface area contributed by atoms with Gasteiger partial charge in [0, 0.05) is 37.5 Å². The van der Waals surface area contributed by atoms with E-state index in [4.69, 9.17) is 22.3 Å². The number of rotatable bonds is 4. The summed E-state index contributed by atoms with van der Waals surface area (Å²) in [4.78, 5) is 9.78. The molecule has 1 N–H and O–H groups in total. The van der Waals surface area contributed by atoms with E-state index in [1.807, 2.05) is 6.07 Å². The topological polar surface area (TPSA) is 76.1 Å². The van der Waals surface area contributed by atoms with Crippen LogP contribution >= 0.6 is 23.4 Å². The Morgan fingerprint density at radius 1 is 1.65 bits per heavy atom. The highest BCUT2D eigenvalue weighted by Gasteiger charge is 2.14. The maximum atomic E-state index is 8.84. The largest absolute Gasteiger partial charge is 0.309 e. The molecule has 0 fully saturated rings. The minimum atomic E-state index is 0.280. The number of thioether (sulfide) groups is 1. The summed E-state index contributed by atoms with van der Waals surface area (Å²) in [6.07, 6.45) is 2.42. The Kier molecular flexibility index (Phi) is 7.05. The quantitative estimate of drug-likeness (QED) is 0.401. The lowest BCUT2D eigenvalue weighted by Gasteiger charge is -2.21. The van der Waals surface area contributed by atoms with Crippen LogP contribution in [0.5, 0.6) is 0 Å². The molecular formula is C13H16ClN5S. The summed E-state index contributed by atoms with van der Waals surface area (Å²) in [5.74, 6) is 1.75. The second-order valence-corrected chi connectivity index (χ2v) is 5.29. The van der Waals surface area contributed by atoms with E-state index in [-0.39, 0.29) is 5.84 Å². The van der Waals surface area contributed by atoms with E-state index >= 15 is 0 Å². The van der Waals surface area contributed by atoms with Gasteiger partial charge in [0.15, 0.2) is 5.17 Å². The second kappa shape index (κ2) is 8.56. The van der Waals surface area contributed by atoms with Crippen molar-refractivity contribution in [2.24, 2.45) is 4.99 Å². The molecule has 0 atom stereocenters. The van der Waals surface area contributed by atoms with Crippen molar-refractivity contribution in [1.29, 1.82) is 10.7 Å². The summed E-state index contributed by atoms with van der Waals surface area (Å²) < 4.78 is 0. The maximum Gasteiger partial charge on any atom is 0.164 e. The SMILES string of the molecule is CN=C(SCCCCl)N(C)C(=N)c1ccnc(C#N)c1. The molecule has 0 saturated carbocycles. The first-order chi connectivity index (χ1) is 9.63. The minimum Gasteiger partial charge on any atom is -0.309 e. The summed E-state index contributed by atoms with van der Waals surface area (Å²) in [5, 5.41) is 17.8. The molecule has 1 aromatic heterocycles. The van der Waals surface area contributed by atoms with Crippen LogP contribution in [0.25, 0.3) is 0 Å². The third-order valence-electron chi connectivity index (χ3n) is 2.47. The highest BCUT2D eigenvalue weighted by Crippen LogP contribution is 2.13. The van der Waals surface area contributed by atoms with Crippen molar-refractivity contribution in [2.75, 3.05) is 25.7 Å². The molecule has 0 spiro atoms. The summed E-state index contributed by atoms with van der Waals surface area (Å²) in [6.45, 7) is 0. The Labute approximate surface area is 128 Å². The number of nitrogens with zero attached hydrogens (tertiary/aromatic N) is 4. The van der Waals surface area contributed by atoms with Crippen LogP contribution in [0.3, 0.4) is 0 Å². The average Bonchev–Trinajstić information content (AvgIpc) is 2.50. The minimum absolute atomic E-state index is 0.280. The molecule has 0 aliphatic rings. The van der Waals surface area contributed by atoms with Crippen LogP contribution < -0.4 is 0 Å². The van der Waals surface area contributed by atoms with Crippen molar-refractivity contribution in [3.05, 3.63) is 29.6 Å². The lowest BCUT2D eigenvalue weighted by molar-refractivity contribution is 0.760. The van der Waals surface area contributed by atoms with Gasteiger partial charge in [0.05, 0.1) is 0 Å². The van der Waals surface area contributed by atoms with Gasteiger partial charge in [0.2, 0.25) is 0 Å². The number of aliphatic imine (C=N–C) groups is 1. The number of aromatic nitrogens is 1. The van der Waals surface area contributed by atoms with Gasteiger partial charge in [-0.25, -0.2) is 4.98 Å². The lowest BCUT2D eigenvalue weighted by Crippen LogP contribution is -2.31. The van der Waals surface area contributed by atoms with Crippen LogP contribution in [-0.4, -0.2) is 46.6 Å². The Hall–Kier alpha value is -1.58. The standard InChI is InChI=1S/C13H16ClN5S/c1-17-13(20-7-3-5-14)19(2)12(16)10-4-6-18-11(8-10)9-15/h4,6,8,16H,3,5,7H2,1-2H3. The van der Waals surface area contributed by atoms with Crippen molar-refractivity contribution in [3.8, 4) is 6.07 Å². The third-order valence-corrected chi connectivity index (χ3v) is 3.95. The normalized spacial score (nSPS) is 11.0. The van der Waals surface area contributed by atoms with Crippen LogP contribution in [0.1, 0.15) is 17.7 Å². The van der Waals surface area contributed by atoms with Gasteiger partial charge in [-0.15, -0.1) is 11.6 Å². The number of halogens is 1. The second-order valence-electron chi connectivity index (χ2n) is 3.85. The van der Waals surface area contributed by atoms with Gasteiger partial charge in [0.1, 0.15) is 17.6 Å². The van der Waals surface area contributed by atoms with E-state index in [9.17, 15) is 0 Å². The number of hydrogen-bond donors (Lipinski definition) is 1. The first-order valence-corrected chi connectivity index (χ1v) is 7.50. The monoisotopic (exact) mass is 309 g/mol. The van der Waals surface area contributed by atoms with Gasteiger partial charge in [-0.05, 0) is 18.6 Å². The summed E-state index contributed by atoms with van der Waals surface area (Å²) in [6, 6.07) is 5.27. The van der Waals surface area contributed by atoms with E-state index < -0.39 is 0 Å². The molecule has 0 unspecified atom stereocenters. The molecule has 5 nitrogen and oxygen atoms in total. The lowest BCUT2D eigenvalue weighted by atomic mass is 10.2. The van der Waals surface area contributed by atoms with Crippen molar-refractivity contribution in [3.63, 3.8) is 0 Å². The molecule has 0 aromatic carbocycles. The van der Waals surface area contributed by atoms with Gasteiger partial charge < -0.3 is 4.90 Å². The first-order valence-electron chi connectivity index (χ1n) is 5.98. The molecule has 20 heavy (non-hydrogen) atoms. The fourth-order valence-corrected chi connectivity index (χ4v) is 2.64. The van der Waals surface area contributed by atoms with Gasteiger partial charge in [-0.2, -0.15) is 5.26 Å².